The fourth-order valence-electron chi connectivity index (χ4n) is 8.79. The molecule has 0 aromatic heterocycles. The van der Waals surface area contributed by atoms with Crippen LogP contribution in [0.4, 0.5) is 0 Å². The lowest BCUT2D eigenvalue weighted by atomic mass is 9.47. The van der Waals surface area contributed by atoms with Crippen molar-refractivity contribution >= 4 is 0 Å². The topological polar surface area (TPSA) is 20.2 Å². The Labute approximate surface area is 186 Å². The SMILES string of the molecule is CCC(CC)C/C=C/[C@@H](C)[C@H]1CC[C@H]2[C@@H]3CC=C4C[C@@H](O)CC[C@]4(C)[C@H]3CC[C@]12C. The molecule has 0 bridgehead atoms. The van der Waals surface area contributed by atoms with Gasteiger partial charge < -0.3 is 5.11 Å². The number of rotatable bonds is 6. The molecule has 0 saturated heterocycles. The van der Waals surface area contributed by atoms with Crippen LogP contribution in [0.3, 0.4) is 0 Å². The van der Waals surface area contributed by atoms with E-state index in [0.717, 1.165) is 48.3 Å². The summed E-state index contributed by atoms with van der Waals surface area (Å²) in [5, 5.41) is 10.2. The molecule has 3 saturated carbocycles. The predicted octanol–water partition coefficient (Wildman–Crippen LogP) is 7.94. The fraction of sp³-hybridized carbons (Fsp3) is 0.862. The van der Waals surface area contributed by atoms with Gasteiger partial charge in [-0.25, -0.2) is 0 Å². The summed E-state index contributed by atoms with van der Waals surface area (Å²) in [4.78, 5) is 0. The molecule has 0 aliphatic heterocycles. The Morgan fingerprint density at radius 1 is 1.07 bits per heavy atom. The van der Waals surface area contributed by atoms with Crippen LogP contribution < -0.4 is 0 Å². The molecule has 0 heterocycles. The molecule has 3 fully saturated rings. The van der Waals surface area contributed by atoms with Gasteiger partial charge in [0.25, 0.3) is 0 Å². The molecule has 8 atom stereocenters. The molecule has 170 valence electrons. The minimum atomic E-state index is -0.0850. The minimum Gasteiger partial charge on any atom is -0.393 e. The highest BCUT2D eigenvalue weighted by Gasteiger charge is 2.58. The zero-order chi connectivity index (χ0) is 21.5. The highest BCUT2D eigenvalue weighted by Crippen LogP contribution is 2.67. The monoisotopic (exact) mass is 412 g/mol. The van der Waals surface area contributed by atoms with E-state index < -0.39 is 0 Å². The van der Waals surface area contributed by atoms with Crippen molar-refractivity contribution in [3.63, 3.8) is 0 Å². The van der Waals surface area contributed by atoms with Crippen LogP contribution >= 0.6 is 0 Å². The average molecular weight is 413 g/mol. The van der Waals surface area contributed by atoms with Gasteiger partial charge in [-0.2, -0.15) is 0 Å². The molecule has 0 amide bonds. The van der Waals surface area contributed by atoms with Crippen molar-refractivity contribution in [2.24, 2.45) is 46.3 Å². The molecule has 30 heavy (non-hydrogen) atoms. The van der Waals surface area contributed by atoms with Crippen molar-refractivity contribution in [1.82, 2.24) is 0 Å². The lowest BCUT2D eigenvalue weighted by Gasteiger charge is -2.58. The predicted molar refractivity (Wildman–Crippen MR) is 128 cm³/mol. The standard InChI is InChI=1S/C29H48O/c1-6-21(7-2)10-8-9-20(3)25-13-14-26-24-12-11-22-19-23(30)15-17-28(22,4)27(24)16-18-29(25,26)5/h8-9,11,20-21,23-27,30H,6-7,10,12-19H2,1-5H3/b9-8+/t20-,23+,24+,25-,26+,27+,28+,29-/m1/s1. The molecular formula is C29H48O. The first-order valence-corrected chi connectivity index (χ1v) is 13.4. The van der Waals surface area contributed by atoms with E-state index in [4.69, 9.17) is 0 Å². The van der Waals surface area contributed by atoms with Gasteiger partial charge in [-0.3, -0.25) is 0 Å². The third-order valence-electron chi connectivity index (χ3n) is 10.8. The third kappa shape index (κ3) is 3.76. The van der Waals surface area contributed by atoms with Gasteiger partial charge in [-0.15, -0.1) is 0 Å². The molecule has 0 spiro atoms. The summed E-state index contributed by atoms with van der Waals surface area (Å²) in [6.07, 6.45) is 21.7. The normalized spacial score (nSPS) is 44.5. The van der Waals surface area contributed by atoms with Crippen LogP contribution in [0, 0.1) is 46.3 Å². The number of fused-ring (bicyclic) bond motifs is 5. The van der Waals surface area contributed by atoms with Gasteiger partial charge >= 0.3 is 0 Å². The second kappa shape index (κ2) is 8.76. The van der Waals surface area contributed by atoms with E-state index in [1.807, 2.05) is 0 Å². The van der Waals surface area contributed by atoms with Crippen molar-refractivity contribution in [3.05, 3.63) is 23.8 Å². The lowest BCUT2D eigenvalue weighted by molar-refractivity contribution is -0.0540. The summed E-state index contributed by atoms with van der Waals surface area (Å²) in [5.41, 5.74) is 2.52. The van der Waals surface area contributed by atoms with Gasteiger partial charge in [-0.05, 0) is 104 Å². The van der Waals surface area contributed by atoms with Crippen LogP contribution in [-0.2, 0) is 0 Å². The number of aliphatic hydroxyl groups excluding tert-OH is 1. The van der Waals surface area contributed by atoms with Crippen molar-refractivity contribution in [2.75, 3.05) is 0 Å². The van der Waals surface area contributed by atoms with Crippen molar-refractivity contribution in [1.29, 1.82) is 0 Å². The van der Waals surface area contributed by atoms with E-state index >= 15 is 0 Å². The summed E-state index contributed by atoms with van der Waals surface area (Å²) >= 11 is 0. The van der Waals surface area contributed by atoms with Crippen LogP contribution in [0.1, 0.15) is 105 Å². The second-order valence-corrected chi connectivity index (χ2v) is 12.1. The van der Waals surface area contributed by atoms with E-state index in [-0.39, 0.29) is 6.10 Å². The second-order valence-electron chi connectivity index (χ2n) is 12.1. The zero-order valence-corrected chi connectivity index (χ0v) is 20.5. The average Bonchev–Trinajstić information content (AvgIpc) is 3.09. The third-order valence-corrected chi connectivity index (χ3v) is 10.8. The first-order valence-electron chi connectivity index (χ1n) is 13.4. The van der Waals surface area contributed by atoms with Crippen molar-refractivity contribution in [2.45, 2.75) is 111 Å². The Bertz CT molecular complexity index is 657. The molecule has 0 radical (unpaired) electrons. The Balaban J connectivity index is 1.48. The van der Waals surface area contributed by atoms with E-state index in [2.05, 4.69) is 52.8 Å². The molecule has 0 aromatic carbocycles. The lowest BCUT2D eigenvalue weighted by Crippen LogP contribution is -2.50. The maximum atomic E-state index is 10.2. The number of aliphatic hydroxyl groups is 1. The highest BCUT2D eigenvalue weighted by molar-refractivity contribution is 5.25. The van der Waals surface area contributed by atoms with E-state index in [1.165, 1.54) is 57.8 Å². The highest BCUT2D eigenvalue weighted by atomic mass is 16.3. The molecule has 0 unspecified atom stereocenters. The maximum absolute atomic E-state index is 10.2. The summed E-state index contributed by atoms with van der Waals surface area (Å²) in [5.74, 6) is 5.13. The van der Waals surface area contributed by atoms with Crippen LogP contribution in [0.5, 0.6) is 0 Å². The molecule has 1 heteroatoms. The Kier molecular flexibility index (Phi) is 6.61. The summed E-state index contributed by atoms with van der Waals surface area (Å²) < 4.78 is 0. The molecule has 4 aliphatic rings. The van der Waals surface area contributed by atoms with Gasteiger partial charge in [0.15, 0.2) is 0 Å². The smallest absolute Gasteiger partial charge is 0.0577 e. The molecule has 0 aromatic rings. The molecular weight excluding hydrogens is 364 g/mol. The van der Waals surface area contributed by atoms with Crippen LogP contribution in [0.2, 0.25) is 0 Å². The van der Waals surface area contributed by atoms with Gasteiger partial charge in [0.2, 0.25) is 0 Å². The molecule has 1 N–H and O–H groups in total. The molecule has 4 aliphatic carbocycles. The van der Waals surface area contributed by atoms with Crippen molar-refractivity contribution in [3.8, 4) is 0 Å². The summed E-state index contributed by atoms with van der Waals surface area (Å²) in [6.45, 7) is 12.4. The number of hydrogen-bond acceptors (Lipinski definition) is 1. The van der Waals surface area contributed by atoms with Gasteiger partial charge in [0.1, 0.15) is 0 Å². The quantitative estimate of drug-likeness (QED) is 0.439. The summed E-state index contributed by atoms with van der Waals surface area (Å²) in [7, 11) is 0. The van der Waals surface area contributed by atoms with Gasteiger partial charge in [-0.1, -0.05) is 71.3 Å². The van der Waals surface area contributed by atoms with Crippen LogP contribution in [0.15, 0.2) is 23.8 Å². The van der Waals surface area contributed by atoms with E-state index in [9.17, 15) is 5.11 Å². The number of allylic oxidation sites excluding steroid dienone is 3. The Morgan fingerprint density at radius 2 is 1.83 bits per heavy atom. The van der Waals surface area contributed by atoms with Crippen molar-refractivity contribution < 1.29 is 5.11 Å². The first-order chi connectivity index (χ1) is 14.3. The van der Waals surface area contributed by atoms with E-state index in [0.29, 0.717) is 10.8 Å². The Morgan fingerprint density at radius 3 is 2.57 bits per heavy atom. The van der Waals surface area contributed by atoms with Gasteiger partial charge in [0.05, 0.1) is 6.10 Å². The molecule has 1 nitrogen and oxygen atoms in total. The Hall–Kier alpha value is -0.560. The zero-order valence-electron chi connectivity index (χ0n) is 20.5. The largest absolute Gasteiger partial charge is 0.393 e. The first kappa shape index (κ1) is 22.6. The summed E-state index contributed by atoms with van der Waals surface area (Å²) in [6, 6.07) is 0. The number of hydrogen-bond donors (Lipinski definition) is 1. The van der Waals surface area contributed by atoms with Crippen LogP contribution in [0.25, 0.3) is 0 Å². The molecule has 4 rings (SSSR count). The maximum Gasteiger partial charge on any atom is 0.0577 e. The van der Waals surface area contributed by atoms with Gasteiger partial charge in [0, 0.05) is 0 Å². The van der Waals surface area contributed by atoms with Crippen LogP contribution in [-0.4, -0.2) is 11.2 Å². The van der Waals surface area contributed by atoms with E-state index in [1.54, 1.807) is 5.57 Å². The minimum absolute atomic E-state index is 0.0850. The fourth-order valence-corrected chi connectivity index (χ4v) is 8.79.